The van der Waals surface area contributed by atoms with Crippen LogP contribution in [-0.4, -0.2) is 58.3 Å². The number of nitrogens with zero attached hydrogens (tertiary/aromatic N) is 2. The first-order valence-corrected chi connectivity index (χ1v) is 10.3. The van der Waals surface area contributed by atoms with Gasteiger partial charge in [-0.15, -0.1) is 0 Å². The van der Waals surface area contributed by atoms with E-state index in [4.69, 9.17) is 14.0 Å². The van der Waals surface area contributed by atoms with Crippen molar-refractivity contribution >= 4 is 10.0 Å². The summed E-state index contributed by atoms with van der Waals surface area (Å²) in [5, 5.41) is 3.77. The average Bonchev–Trinajstić information content (AvgIpc) is 3.01. The third-order valence-corrected chi connectivity index (χ3v) is 7.07. The van der Waals surface area contributed by atoms with E-state index in [-0.39, 0.29) is 4.90 Å². The van der Waals surface area contributed by atoms with E-state index in [1.165, 1.54) is 9.21 Å². The highest BCUT2D eigenvalue weighted by molar-refractivity contribution is 7.89. The summed E-state index contributed by atoms with van der Waals surface area (Å²) in [6.45, 7) is 6.36. The quantitative estimate of drug-likeness (QED) is 0.761. The van der Waals surface area contributed by atoms with E-state index in [0.29, 0.717) is 37.6 Å². The topological polar surface area (TPSA) is 86.3 Å². The van der Waals surface area contributed by atoms with E-state index < -0.39 is 10.0 Å². The molecule has 0 bridgehead atoms. The van der Waals surface area contributed by atoms with Gasteiger partial charge in [-0.2, -0.15) is 4.31 Å². The Morgan fingerprint density at radius 2 is 1.89 bits per heavy atom. The predicted molar refractivity (Wildman–Crippen MR) is 98.7 cm³/mol. The van der Waals surface area contributed by atoms with Crippen molar-refractivity contribution in [1.82, 2.24) is 9.46 Å². The Hall–Kier alpha value is -2.10. The SMILES string of the molecule is COc1ccc(OC)c(C[NH+]2CCN(S(=O)(=O)c3c(C)noc3C)CC2)c1. The molecule has 0 spiro atoms. The van der Waals surface area contributed by atoms with Crippen molar-refractivity contribution in [3.8, 4) is 11.5 Å². The Balaban J connectivity index is 1.69. The molecule has 0 atom stereocenters. The van der Waals surface area contributed by atoms with Gasteiger partial charge < -0.3 is 18.9 Å². The van der Waals surface area contributed by atoms with Crippen LogP contribution in [0, 0.1) is 13.8 Å². The van der Waals surface area contributed by atoms with Crippen molar-refractivity contribution in [2.75, 3.05) is 40.4 Å². The van der Waals surface area contributed by atoms with Gasteiger partial charge in [-0.1, -0.05) is 5.16 Å². The zero-order valence-corrected chi connectivity index (χ0v) is 16.9. The highest BCUT2D eigenvalue weighted by atomic mass is 32.2. The number of ether oxygens (including phenoxy) is 2. The summed E-state index contributed by atoms with van der Waals surface area (Å²) in [6, 6.07) is 5.73. The maximum absolute atomic E-state index is 12.9. The van der Waals surface area contributed by atoms with Gasteiger partial charge in [0, 0.05) is 0 Å². The molecule has 3 rings (SSSR count). The second-order valence-corrected chi connectivity index (χ2v) is 8.54. The third kappa shape index (κ3) is 3.95. The lowest BCUT2D eigenvalue weighted by Gasteiger charge is -2.31. The molecule has 27 heavy (non-hydrogen) atoms. The highest BCUT2D eigenvalue weighted by Crippen LogP contribution is 2.24. The number of quaternary nitrogens is 1. The number of aryl methyl sites for hydroxylation is 2. The maximum Gasteiger partial charge on any atom is 0.248 e. The molecule has 0 radical (unpaired) electrons. The van der Waals surface area contributed by atoms with Crippen molar-refractivity contribution in [3.05, 3.63) is 35.2 Å². The van der Waals surface area contributed by atoms with Gasteiger partial charge in [-0.05, 0) is 32.0 Å². The van der Waals surface area contributed by atoms with Crippen LogP contribution in [0.3, 0.4) is 0 Å². The third-order valence-electron chi connectivity index (χ3n) is 4.92. The number of hydrogen-bond acceptors (Lipinski definition) is 6. The second-order valence-electron chi connectivity index (χ2n) is 6.66. The highest BCUT2D eigenvalue weighted by Gasteiger charge is 2.34. The van der Waals surface area contributed by atoms with Gasteiger partial charge in [0.2, 0.25) is 10.0 Å². The summed E-state index contributed by atoms with van der Waals surface area (Å²) < 4.78 is 43.1. The van der Waals surface area contributed by atoms with Gasteiger partial charge >= 0.3 is 0 Å². The molecule has 1 aromatic heterocycles. The van der Waals surface area contributed by atoms with Crippen LogP contribution >= 0.6 is 0 Å². The minimum atomic E-state index is -3.58. The zero-order chi connectivity index (χ0) is 19.6. The van der Waals surface area contributed by atoms with E-state index in [1.807, 2.05) is 18.2 Å². The lowest BCUT2D eigenvalue weighted by molar-refractivity contribution is -0.917. The standard InChI is InChI=1S/C18H25N3O5S/c1-13-18(14(2)26-19-13)27(22,23)21-9-7-20(8-10-21)12-15-11-16(24-3)5-6-17(15)25-4/h5-6,11H,7-10,12H2,1-4H3/p+1. The second kappa shape index (κ2) is 7.87. The van der Waals surface area contributed by atoms with Crippen molar-refractivity contribution in [1.29, 1.82) is 0 Å². The predicted octanol–water partition coefficient (Wildman–Crippen LogP) is 0.398. The van der Waals surface area contributed by atoms with E-state index in [2.05, 4.69) is 5.16 Å². The van der Waals surface area contributed by atoms with Crippen molar-refractivity contribution in [3.63, 3.8) is 0 Å². The number of piperazine rings is 1. The summed E-state index contributed by atoms with van der Waals surface area (Å²) in [6.07, 6.45) is 0. The Bertz CT molecular complexity index is 882. The summed E-state index contributed by atoms with van der Waals surface area (Å²) in [7, 11) is -0.297. The van der Waals surface area contributed by atoms with Gasteiger partial charge in [-0.25, -0.2) is 8.42 Å². The molecule has 0 unspecified atom stereocenters. The van der Waals surface area contributed by atoms with Crippen molar-refractivity contribution in [2.45, 2.75) is 25.3 Å². The van der Waals surface area contributed by atoms with Crippen molar-refractivity contribution < 1.29 is 27.3 Å². The molecule has 2 heterocycles. The molecule has 1 aromatic carbocycles. The monoisotopic (exact) mass is 396 g/mol. The molecule has 1 saturated heterocycles. The fourth-order valence-electron chi connectivity index (χ4n) is 3.48. The number of rotatable bonds is 6. The smallest absolute Gasteiger partial charge is 0.248 e. The minimum Gasteiger partial charge on any atom is -0.497 e. The van der Waals surface area contributed by atoms with Gasteiger partial charge in [0.15, 0.2) is 5.76 Å². The van der Waals surface area contributed by atoms with Crippen LogP contribution in [0.1, 0.15) is 17.0 Å². The Kier molecular flexibility index (Phi) is 5.73. The van der Waals surface area contributed by atoms with Crippen LogP contribution in [0.4, 0.5) is 0 Å². The van der Waals surface area contributed by atoms with Gasteiger partial charge in [0.1, 0.15) is 28.6 Å². The summed E-state index contributed by atoms with van der Waals surface area (Å²) in [4.78, 5) is 1.49. The number of nitrogens with one attached hydrogen (secondary N) is 1. The van der Waals surface area contributed by atoms with Crippen LogP contribution in [0.15, 0.2) is 27.6 Å². The average molecular weight is 396 g/mol. The fourth-order valence-corrected chi connectivity index (χ4v) is 5.21. The normalized spacial score (nSPS) is 16.4. The molecule has 148 valence electrons. The first-order chi connectivity index (χ1) is 12.9. The van der Waals surface area contributed by atoms with Crippen LogP contribution in [-0.2, 0) is 16.6 Å². The van der Waals surface area contributed by atoms with Crippen LogP contribution < -0.4 is 14.4 Å². The summed E-state index contributed by atoms with van der Waals surface area (Å²) in [5.74, 6) is 1.93. The van der Waals surface area contributed by atoms with Gasteiger partial charge in [0.25, 0.3) is 0 Å². The maximum atomic E-state index is 12.9. The molecule has 8 nitrogen and oxygen atoms in total. The molecule has 9 heteroatoms. The van der Waals surface area contributed by atoms with Gasteiger partial charge in [-0.3, -0.25) is 0 Å². The molecule has 0 aliphatic carbocycles. The first kappa shape index (κ1) is 19.7. The molecule has 1 aliphatic heterocycles. The molecule has 1 fully saturated rings. The van der Waals surface area contributed by atoms with Crippen LogP contribution in [0.2, 0.25) is 0 Å². The number of sulfonamides is 1. The molecule has 0 saturated carbocycles. The van der Waals surface area contributed by atoms with E-state index in [9.17, 15) is 8.42 Å². The Morgan fingerprint density at radius 3 is 2.44 bits per heavy atom. The lowest BCUT2D eigenvalue weighted by Crippen LogP contribution is -3.13. The number of hydrogen-bond donors (Lipinski definition) is 1. The van der Waals surface area contributed by atoms with Crippen LogP contribution in [0.25, 0.3) is 0 Å². The Morgan fingerprint density at radius 1 is 1.19 bits per heavy atom. The molecule has 2 aromatic rings. The van der Waals surface area contributed by atoms with E-state index in [0.717, 1.165) is 23.6 Å². The van der Waals surface area contributed by atoms with Gasteiger partial charge in [0.05, 0.1) is 46.0 Å². The summed E-state index contributed by atoms with van der Waals surface area (Å²) >= 11 is 0. The Labute approximate surface area is 159 Å². The van der Waals surface area contributed by atoms with Crippen LogP contribution in [0.5, 0.6) is 11.5 Å². The van der Waals surface area contributed by atoms with E-state index in [1.54, 1.807) is 28.1 Å². The molecule has 1 aliphatic rings. The lowest BCUT2D eigenvalue weighted by atomic mass is 10.1. The van der Waals surface area contributed by atoms with Crippen molar-refractivity contribution in [2.24, 2.45) is 0 Å². The zero-order valence-electron chi connectivity index (χ0n) is 16.1. The largest absolute Gasteiger partial charge is 0.497 e. The first-order valence-electron chi connectivity index (χ1n) is 8.84. The summed E-state index contributed by atoms with van der Waals surface area (Å²) in [5.41, 5.74) is 1.46. The molecule has 0 amide bonds. The minimum absolute atomic E-state index is 0.195. The van der Waals surface area contributed by atoms with E-state index >= 15 is 0 Å². The fraction of sp³-hybridized carbons (Fsp3) is 0.500. The number of methoxy groups -OCH3 is 2. The number of benzene rings is 1. The molecule has 1 N–H and O–H groups in total. The number of aromatic nitrogens is 1. The molecular formula is C18H26N3O5S+. The molecular weight excluding hydrogens is 370 g/mol.